The molecule has 0 aromatic heterocycles. The highest BCUT2D eigenvalue weighted by Crippen LogP contribution is 2.63. The van der Waals surface area contributed by atoms with Crippen LogP contribution in [0.3, 0.4) is 0 Å². The van der Waals surface area contributed by atoms with E-state index in [1.54, 1.807) is 0 Å². The van der Waals surface area contributed by atoms with E-state index < -0.39 is 5.41 Å². The summed E-state index contributed by atoms with van der Waals surface area (Å²) >= 11 is 1.89. The van der Waals surface area contributed by atoms with Gasteiger partial charge in [-0.15, -0.1) is 0 Å². The van der Waals surface area contributed by atoms with Gasteiger partial charge in [-0.05, 0) is 107 Å². The van der Waals surface area contributed by atoms with Crippen molar-refractivity contribution in [1.82, 2.24) is 0 Å². The zero-order chi connectivity index (χ0) is 30.0. The van der Waals surface area contributed by atoms with Crippen molar-refractivity contribution in [3.05, 3.63) is 180 Å². The third kappa shape index (κ3) is 2.97. The van der Waals surface area contributed by atoms with Crippen LogP contribution in [0.15, 0.2) is 168 Å². The van der Waals surface area contributed by atoms with Gasteiger partial charge in [0.05, 0.1) is 5.41 Å². The Labute approximate surface area is 272 Å². The summed E-state index contributed by atoms with van der Waals surface area (Å²) in [6.45, 7) is 0. The number of fused-ring (bicyclic) bond motifs is 11. The molecule has 8 aromatic carbocycles. The summed E-state index contributed by atoms with van der Waals surface area (Å²) in [5.41, 5.74) is 15.6. The fourth-order valence-electron chi connectivity index (χ4n) is 8.97. The highest BCUT2D eigenvalue weighted by molar-refractivity contribution is 7.99. The van der Waals surface area contributed by atoms with Crippen LogP contribution in [0.1, 0.15) is 22.3 Å². The highest BCUT2D eigenvalue weighted by Gasteiger charge is 2.51. The molecule has 8 aromatic rings. The van der Waals surface area contributed by atoms with Gasteiger partial charge in [-0.2, -0.15) is 0 Å². The molecule has 1 spiro atoms. The van der Waals surface area contributed by atoms with Gasteiger partial charge in [-0.1, -0.05) is 145 Å². The molecule has 46 heavy (non-hydrogen) atoms. The normalized spacial score (nSPS) is 16.3. The van der Waals surface area contributed by atoms with Crippen molar-refractivity contribution in [2.24, 2.45) is 0 Å². The summed E-state index contributed by atoms with van der Waals surface area (Å²) in [7, 11) is 0. The van der Waals surface area contributed by atoms with E-state index in [4.69, 9.17) is 0 Å². The van der Waals surface area contributed by atoms with Crippen LogP contribution in [0.25, 0.3) is 66.1 Å². The van der Waals surface area contributed by atoms with E-state index in [1.807, 2.05) is 11.8 Å². The number of hydrogen-bond acceptors (Lipinski definition) is 1. The van der Waals surface area contributed by atoms with Crippen LogP contribution in [0.4, 0.5) is 0 Å². The smallest absolute Gasteiger partial charge is 0.0731 e. The SMILES string of the molecule is c1ccc2c(c1)Sc1cccc3cc(-c4cccc5c4C4(c6ccccc6-5)c5ccccc5-c5cccc6cccc4c56)cc-2c13. The molecule has 0 fully saturated rings. The third-order valence-corrected chi connectivity index (χ3v) is 11.8. The van der Waals surface area contributed by atoms with E-state index in [0.717, 1.165) is 0 Å². The number of benzene rings is 8. The Morgan fingerprint density at radius 1 is 0.348 bits per heavy atom. The lowest BCUT2D eigenvalue weighted by atomic mass is 9.60. The van der Waals surface area contributed by atoms with Gasteiger partial charge in [-0.25, -0.2) is 0 Å². The average Bonchev–Trinajstić information content (AvgIpc) is 3.41. The fourth-order valence-corrected chi connectivity index (χ4v) is 10.1. The Bertz CT molecular complexity index is 2620. The second kappa shape index (κ2) is 8.88. The number of rotatable bonds is 1. The fraction of sp³-hybridized carbons (Fsp3) is 0.0222. The van der Waals surface area contributed by atoms with Crippen LogP contribution in [0.5, 0.6) is 0 Å². The second-order valence-corrected chi connectivity index (χ2v) is 13.8. The molecule has 1 heterocycles. The van der Waals surface area contributed by atoms with Crippen molar-refractivity contribution in [3.63, 3.8) is 0 Å². The lowest BCUT2D eigenvalue weighted by Gasteiger charge is -2.41. The summed E-state index contributed by atoms with van der Waals surface area (Å²) in [6.07, 6.45) is 0. The van der Waals surface area contributed by atoms with Crippen molar-refractivity contribution in [2.45, 2.75) is 15.2 Å². The van der Waals surface area contributed by atoms with Crippen molar-refractivity contribution < 1.29 is 0 Å². The maximum absolute atomic E-state index is 2.47. The van der Waals surface area contributed by atoms with Crippen LogP contribution in [0.2, 0.25) is 0 Å². The van der Waals surface area contributed by atoms with E-state index in [0.29, 0.717) is 0 Å². The van der Waals surface area contributed by atoms with Crippen LogP contribution < -0.4 is 0 Å². The lowest BCUT2D eigenvalue weighted by Crippen LogP contribution is -2.32. The predicted molar refractivity (Wildman–Crippen MR) is 193 cm³/mol. The van der Waals surface area contributed by atoms with Gasteiger partial charge in [0.1, 0.15) is 0 Å². The number of hydrogen-bond donors (Lipinski definition) is 0. The van der Waals surface area contributed by atoms with Crippen molar-refractivity contribution in [3.8, 4) is 44.5 Å². The molecule has 11 rings (SSSR count). The Morgan fingerprint density at radius 3 is 1.76 bits per heavy atom. The van der Waals surface area contributed by atoms with Crippen LogP contribution in [-0.4, -0.2) is 0 Å². The molecule has 0 saturated heterocycles. The minimum atomic E-state index is -0.450. The maximum atomic E-state index is 2.47. The van der Waals surface area contributed by atoms with Gasteiger partial charge in [0, 0.05) is 15.2 Å². The molecule has 212 valence electrons. The minimum Gasteiger partial charge on any atom is -0.0888 e. The van der Waals surface area contributed by atoms with Gasteiger partial charge in [0.15, 0.2) is 0 Å². The van der Waals surface area contributed by atoms with E-state index in [-0.39, 0.29) is 0 Å². The molecule has 1 atom stereocenters. The molecule has 0 radical (unpaired) electrons. The first-order valence-corrected chi connectivity index (χ1v) is 16.8. The molecule has 2 aliphatic carbocycles. The van der Waals surface area contributed by atoms with Crippen molar-refractivity contribution in [1.29, 1.82) is 0 Å². The van der Waals surface area contributed by atoms with Crippen LogP contribution in [-0.2, 0) is 5.41 Å². The van der Waals surface area contributed by atoms with Crippen LogP contribution in [0, 0.1) is 0 Å². The van der Waals surface area contributed by atoms with Crippen molar-refractivity contribution in [2.75, 3.05) is 0 Å². The first kappa shape index (κ1) is 24.9. The molecule has 0 saturated carbocycles. The third-order valence-electron chi connectivity index (χ3n) is 10.6. The lowest BCUT2D eigenvalue weighted by molar-refractivity contribution is 0.775. The van der Waals surface area contributed by atoms with Gasteiger partial charge >= 0.3 is 0 Å². The second-order valence-electron chi connectivity index (χ2n) is 12.8. The minimum absolute atomic E-state index is 0.450. The first-order valence-electron chi connectivity index (χ1n) is 16.0. The molecular weight excluding hydrogens is 573 g/mol. The standard InChI is InChI=1S/C45H26S/c1-4-20-37-31(14-1)34-18-7-11-27-12-8-22-39(42(27)34)45(37)38-21-5-2-15-32(38)35-19-10-17-30(44(35)45)29-25-28-13-9-24-41-43(28)36(26-29)33-16-3-6-23-40(33)46-41/h1-26H. The molecule has 1 unspecified atom stereocenters. The largest absolute Gasteiger partial charge is 0.0888 e. The molecule has 3 aliphatic rings. The summed E-state index contributed by atoms with van der Waals surface area (Å²) in [6, 6.07) is 59.6. The molecule has 1 aliphatic heterocycles. The van der Waals surface area contributed by atoms with E-state index in [2.05, 4.69) is 158 Å². The van der Waals surface area contributed by atoms with Crippen LogP contribution >= 0.6 is 11.8 Å². The Kier molecular flexibility index (Phi) is 4.80. The van der Waals surface area contributed by atoms with E-state index in [1.165, 1.54) is 98.1 Å². The van der Waals surface area contributed by atoms with Gasteiger partial charge < -0.3 is 0 Å². The summed E-state index contributed by atoms with van der Waals surface area (Å²) in [5.74, 6) is 0. The molecule has 0 N–H and O–H groups in total. The Morgan fingerprint density at radius 2 is 0.913 bits per heavy atom. The van der Waals surface area contributed by atoms with E-state index >= 15 is 0 Å². The molecule has 0 amide bonds. The van der Waals surface area contributed by atoms with Gasteiger partial charge in [0.25, 0.3) is 0 Å². The van der Waals surface area contributed by atoms with Gasteiger partial charge in [-0.3, -0.25) is 0 Å². The highest BCUT2D eigenvalue weighted by atomic mass is 32.2. The van der Waals surface area contributed by atoms with Gasteiger partial charge in [0.2, 0.25) is 0 Å². The Hall–Kier alpha value is -5.37. The average molecular weight is 599 g/mol. The Balaban J connectivity index is 1.32. The molecule has 0 bridgehead atoms. The molecular formula is C45H26S. The first-order chi connectivity index (χ1) is 22.8. The summed E-state index contributed by atoms with van der Waals surface area (Å²) < 4.78 is 0. The molecule has 0 nitrogen and oxygen atoms in total. The summed E-state index contributed by atoms with van der Waals surface area (Å²) in [4.78, 5) is 2.66. The zero-order valence-corrected chi connectivity index (χ0v) is 25.7. The van der Waals surface area contributed by atoms with Crippen molar-refractivity contribution >= 4 is 33.3 Å². The maximum Gasteiger partial charge on any atom is 0.0731 e. The predicted octanol–water partition coefficient (Wildman–Crippen LogP) is 12.1. The zero-order valence-electron chi connectivity index (χ0n) is 24.9. The quantitative estimate of drug-likeness (QED) is 0.181. The molecule has 1 heteroatoms. The topological polar surface area (TPSA) is 0 Å². The summed E-state index contributed by atoms with van der Waals surface area (Å²) in [5, 5.41) is 5.32. The monoisotopic (exact) mass is 598 g/mol. The van der Waals surface area contributed by atoms with E-state index in [9.17, 15) is 0 Å².